The molecule has 2 aliphatic rings. The Bertz CT molecular complexity index is 1340. The predicted octanol–water partition coefficient (Wildman–Crippen LogP) is 4.13. The molecule has 2 atom stereocenters. The summed E-state index contributed by atoms with van der Waals surface area (Å²) >= 11 is 0. The number of piperidine rings is 1. The molecule has 0 N–H and O–H groups in total. The molecule has 1 aromatic heterocycles. The summed E-state index contributed by atoms with van der Waals surface area (Å²) in [5.74, 6) is 0.445. The topological polar surface area (TPSA) is 83.8 Å². The van der Waals surface area contributed by atoms with Crippen LogP contribution in [0.3, 0.4) is 0 Å². The van der Waals surface area contributed by atoms with Crippen molar-refractivity contribution in [2.24, 2.45) is 7.05 Å². The molecule has 2 fully saturated rings. The number of aromatic nitrogens is 3. The summed E-state index contributed by atoms with van der Waals surface area (Å²) in [6, 6.07) is 13.4. The van der Waals surface area contributed by atoms with E-state index in [1.807, 2.05) is 32.0 Å². The van der Waals surface area contributed by atoms with Crippen LogP contribution in [0, 0.1) is 5.82 Å². The standard InChI is InChI=1S/C28H33FN6O3/c1-19(2)38-24-10-5-7-21(13-24)16-33-12-11-28(15-20(33)3)26(36)34(17-25-30-18-32(4)31-25)27(37)35(28)23-9-6-8-22(29)14-23/h5-10,13-14,18-20H,11-12,15-17H2,1-4H3/t20-,28?/m0/s1. The minimum absolute atomic E-state index is 0.0147. The van der Waals surface area contributed by atoms with Gasteiger partial charge in [-0.05, 0) is 69.5 Å². The predicted molar refractivity (Wildman–Crippen MR) is 140 cm³/mol. The molecular weight excluding hydrogens is 487 g/mol. The lowest BCUT2D eigenvalue weighted by atomic mass is 9.81. The smallest absolute Gasteiger partial charge is 0.332 e. The normalized spacial score (nSPS) is 22.2. The summed E-state index contributed by atoms with van der Waals surface area (Å²) in [6.07, 6.45) is 2.46. The van der Waals surface area contributed by atoms with Gasteiger partial charge >= 0.3 is 6.03 Å². The van der Waals surface area contributed by atoms with Crippen LogP contribution >= 0.6 is 0 Å². The molecule has 3 heterocycles. The average molecular weight is 521 g/mol. The summed E-state index contributed by atoms with van der Waals surface area (Å²) < 4.78 is 21.6. The maximum atomic E-state index is 14.3. The largest absolute Gasteiger partial charge is 0.491 e. The van der Waals surface area contributed by atoms with Crippen LogP contribution in [0.1, 0.15) is 45.0 Å². The first-order chi connectivity index (χ1) is 18.2. The van der Waals surface area contributed by atoms with Crippen LogP contribution < -0.4 is 9.64 Å². The van der Waals surface area contributed by atoms with E-state index >= 15 is 0 Å². The van der Waals surface area contributed by atoms with Crippen LogP contribution in [-0.4, -0.2) is 60.7 Å². The molecule has 0 bridgehead atoms. The number of anilines is 1. The summed E-state index contributed by atoms with van der Waals surface area (Å²) in [7, 11) is 1.73. The second-order valence-electron chi connectivity index (χ2n) is 10.4. The van der Waals surface area contributed by atoms with Gasteiger partial charge in [0.05, 0.1) is 12.6 Å². The van der Waals surface area contributed by atoms with Crippen LogP contribution in [0.15, 0.2) is 54.9 Å². The highest BCUT2D eigenvalue weighted by Gasteiger charge is 2.60. The summed E-state index contributed by atoms with van der Waals surface area (Å²) in [6.45, 7) is 7.31. The molecule has 9 nitrogen and oxygen atoms in total. The zero-order chi connectivity index (χ0) is 27.0. The molecule has 2 aliphatic heterocycles. The van der Waals surface area contributed by atoms with Crippen molar-refractivity contribution in [2.45, 2.75) is 64.4 Å². The van der Waals surface area contributed by atoms with E-state index in [0.717, 1.165) is 11.3 Å². The monoisotopic (exact) mass is 520 g/mol. The molecule has 3 aromatic rings. The van der Waals surface area contributed by atoms with Gasteiger partial charge < -0.3 is 4.74 Å². The van der Waals surface area contributed by atoms with Gasteiger partial charge in [-0.25, -0.2) is 14.2 Å². The number of aryl methyl sites for hydroxylation is 1. The van der Waals surface area contributed by atoms with Crippen molar-refractivity contribution in [3.8, 4) is 5.75 Å². The SMILES string of the molecule is CC(C)Oc1cccc(CN2CCC3(C[C@@H]2C)C(=O)N(Cc2ncn(C)n2)C(=O)N3c2cccc(F)c2)c1. The fraction of sp³-hybridized carbons (Fsp3) is 0.429. The highest BCUT2D eigenvalue weighted by molar-refractivity contribution is 6.16. The van der Waals surface area contributed by atoms with Gasteiger partial charge in [0.1, 0.15) is 23.4 Å². The van der Waals surface area contributed by atoms with Gasteiger partial charge in [0, 0.05) is 31.9 Å². The van der Waals surface area contributed by atoms with E-state index in [1.54, 1.807) is 19.2 Å². The number of ether oxygens (including phenoxy) is 1. The Morgan fingerprint density at radius 2 is 1.92 bits per heavy atom. The number of likely N-dealkylation sites (tertiary alicyclic amines) is 1. The van der Waals surface area contributed by atoms with Gasteiger partial charge in [0.25, 0.3) is 5.91 Å². The molecule has 0 aliphatic carbocycles. The van der Waals surface area contributed by atoms with Crippen molar-refractivity contribution in [2.75, 3.05) is 11.4 Å². The van der Waals surface area contributed by atoms with Gasteiger partial charge in [0.2, 0.25) is 0 Å². The molecule has 200 valence electrons. The minimum Gasteiger partial charge on any atom is -0.491 e. The lowest BCUT2D eigenvalue weighted by Crippen LogP contribution is -2.59. The molecular formula is C28H33FN6O3. The van der Waals surface area contributed by atoms with Crippen molar-refractivity contribution in [3.05, 3.63) is 72.1 Å². The van der Waals surface area contributed by atoms with E-state index < -0.39 is 17.4 Å². The first-order valence-corrected chi connectivity index (χ1v) is 12.9. The number of halogens is 1. The Morgan fingerprint density at radius 3 is 2.61 bits per heavy atom. The first-order valence-electron chi connectivity index (χ1n) is 12.9. The number of benzene rings is 2. The molecule has 1 spiro atoms. The van der Waals surface area contributed by atoms with E-state index in [1.165, 1.54) is 32.9 Å². The maximum Gasteiger partial charge on any atom is 0.332 e. The summed E-state index contributed by atoms with van der Waals surface area (Å²) in [5.41, 5.74) is 0.377. The number of amides is 3. The van der Waals surface area contributed by atoms with Crippen LogP contribution in [-0.2, 0) is 24.9 Å². The molecule has 10 heteroatoms. The molecule has 3 amide bonds. The Kier molecular flexibility index (Phi) is 6.92. The lowest BCUT2D eigenvalue weighted by Gasteiger charge is -2.45. The minimum atomic E-state index is -1.11. The van der Waals surface area contributed by atoms with E-state index in [-0.39, 0.29) is 24.6 Å². The van der Waals surface area contributed by atoms with Crippen molar-refractivity contribution in [3.63, 3.8) is 0 Å². The number of imide groups is 1. The van der Waals surface area contributed by atoms with E-state index in [0.29, 0.717) is 37.4 Å². The van der Waals surface area contributed by atoms with Gasteiger partial charge in [-0.15, -0.1) is 0 Å². The lowest BCUT2D eigenvalue weighted by molar-refractivity contribution is -0.133. The zero-order valence-corrected chi connectivity index (χ0v) is 22.2. The Morgan fingerprint density at radius 1 is 1.13 bits per heavy atom. The number of hydrogen-bond donors (Lipinski definition) is 0. The van der Waals surface area contributed by atoms with Crippen LogP contribution in [0.5, 0.6) is 5.75 Å². The van der Waals surface area contributed by atoms with Gasteiger partial charge in [-0.1, -0.05) is 18.2 Å². The zero-order valence-electron chi connectivity index (χ0n) is 22.2. The third-order valence-electron chi connectivity index (χ3n) is 7.23. The maximum absolute atomic E-state index is 14.3. The highest BCUT2D eigenvalue weighted by atomic mass is 19.1. The fourth-order valence-electron chi connectivity index (χ4n) is 5.57. The number of carbonyl (C=O) groups is 2. The molecule has 5 rings (SSSR count). The van der Waals surface area contributed by atoms with Gasteiger partial charge in [-0.2, -0.15) is 5.10 Å². The summed E-state index contributed by atoms with van der Waals surface area (Å²) in [4.78, 5) is 36.9. The van der Waals surface area contributed by atoms with Crippen molar-refractivity contribution in [1.82, 2.24) is 24.6 Å². The first kappa shape index (κ1) is 25.8. The third-order valence-corrected chi connectivity index (χ3v) is 7.23. The molecule has 0 saturated carbocycles. The highest BCUT2D eigenvalue weighted by Crippen LogP contribution is 2.43. The molecule has 2 saturated heterocycles. The van der Waals surface area contributed by atoms with E-state index in [2.05, 4.69) is 28.0 Å². The second-order valence-corrected chi connectivity index (χ2v) is 10.4. The summed E-state index contributed by atoms with van der Waals surface area (Å²) in [5, 5.41) is 4.25. The van der Waals surface area contributed by atoms with Crippen molar-refractivity contribution in [1.29, 1.82) is 0 Å². The molecule has 0 radical (unpaired) electrons. The Balaban J connectivity index is 1.42. The van der Waals surface area contributed by atoms with Crippen molar-refractivity contribution >= 4 is 17.6 Å². The van der Waals surface area contributed by atoms with Gasteiger partial charge in [0.15, 0.2) is 5.82 Å². The van der Waals surface area contributed by atoms with E-state index in [4.69, 9.17) is 4.74 Å². The number of hydrogen-bond acceptors (Lipinski definition) is 6. The van der Waals surface area contributed by atoms with Crippen LogP contribution in [0.4, 0.5) is 14.9 Å². The quantitative estimate of drug-likeness (QED) is 0.436. The molecule has 1 unspecified atom stereocenters. The average Bonchev–Trinajstić information content (AvgIpc) is 3.35. The fourth-order valence-corrected chi connectivity index (χ4v) is 5.57. The van der Waals surface area contributed by atoms with Crippen molar-refractivity contribution < 1.29 is 18.7 Å². The third kappa shape index (κ3) is 4.88. The molecule has 38 heavy (non-hydrogen) atoms. The Hall–Kier alpha value is -3.79. The van der Waals surface area contributed by atoms with E-state index in [9.17, 15) is 14.0 Å². The number of carbonyl (C=O) groups excluding carboxylic acids is 2. The molecule has 2 aromatic carbocycles. The Labute approximate surface area is 221 Å². The number of urea groups is 1. The second kappa shape index (κ2) is 10.2. The van der Waals surface area contributed by atoms with Gasteiger partial charge in [-0.3, -0.25) is 24.2 Å². The number of nitrogens with zero attached hydrogens (tertiary/aromatic N) is 6. The van der Waals surface area contributed by atoms with Crippen LogP contribution in [0.25, 0.3) is 0 Å². The van der Waals surface area contributed by atoms with Crippen LogP contribution in [0.2, 0.25) is 0 Å². The number of rotatable bonds is 7.